The maximum absolute atomic E-state index is 11.9. The van der Waals surface area contributed by atoms with Gasteiger partial charge in [0.2, 0.25) is 5.91 Å². The average molecular weight is 253 g/mol. The van der Waals surface area contributed by atoms with Gasteiger partial charge in [0.15, 0.2) is 0 Å². The molecule has 0 saturated heterocycles. The molecule has 0 aliphatic rings. The molecule has 1 aromatic carbocycles. The molecule has 0 fully saturated rings. The normalized spacial score (nSPS) is 12.3. The summed E-state index contributed by atoms with van der Waals surface area (Å²) in [5.74, 6) is 0.778. The number of rotatable bonds is 5. The summed E-state index contributed by atoms with van der Waals surface area (Å²) in [5, 5.41) is 2.52. The Morgan fingerprint density at radius 1 is 1.41 bits per heavy atom. The topological polar surface area (TPSA) is 38.3 Å². The lowest BCUT2D eigenvalue weighted by atomic mass is 10.1. The summed E-state index contributed by atoms with van der Waals surface area (Å²) < 4.78 is 5.44. The summed E-state index contributed by atoms with van der Waals surface area (Å²) in [4.78, 5) is 11.9. The van der Waals surface area contributed by atoms with Crippen LogP contribution in [-0.2, 0) is 4.79 Å². The molecule has 4 heteroatoms. The van der Waals surface area contributed by atoms with Crippen molar-refractivity contribution in [3.8, 4) is 5.75 Å². The fourth-order valence-corrected chi connectivity index (χ4v) is 1.43. The molecule has 0 aromatic heterocycles. The number of carbonyl (C=O) groups is 1. The molecule has 1 amide bonds. The molecule has 1 N–H and O–H groups in total. The number of anilines is 1. The molecule has 0 radical (unpaired) electrons. The minimum Gasteiger partial charge on any atom is -0.492 e. The lowest BCUT2D eigenvalue weighted by Gasteiger charge is -2.16. The Bertz CT molecular complexity index is 379. The molecule has 1 unspecified atom stereocenters. The van der Waals surface area contributed by atoms with E-state index in [4.69, 9.17) is 4.74 Å². The summed E-state index contributed by atoms with van der Waals surface area (Å²) in [7, 11) is 0. The highest BCUT2D eigenvalue weighted by molar-refractivity contribution is 7.81. The summed E-state index contributed by atoms with van der Waals surface area (Å²) in [6.45, 7) is 6.41. The number of carbonyl (C=O) groups excluding carboxylic acids is 1. The van der Waals surface area contributed by atoms with Crippen molar-refractivity contribution in [2.24, 2.45) is 5.92 Å². The highest BCUT2D eigenvalue weighted by Gasteiger charge is 2.18. The third-order valence-corrected chi connectivity index (χ3v) is 3.18. The van der Waals surface area contributed by atoms with Crippen molar-refractivity contribution < 1.29 is 9.53 Å². The van der Waals surface area contributed by atoms with E-state index in [1.165, 1.54) is 0 Å². The van der Waals surface area contributed by atoms with E-state index in [1.54, 1.807) is 0 Å². The van der Waals surface area contributed by atoms with Gasteiger partial charge in [-0.15, -0.1) is 0 Å². The van der Waals surface area contributed by atoms with Crippen molar-refractivity contribution >= 4 is 24.2 Å². The predicted octanol–water partition coefficient (Wildman–Crippen LogP) is 2.98. The van der Waals surface area contributed by atoms with E-state index < -0.39 is 0 Å². The van der Waals surface area contributed by atoms with Crippen LogP contribution < -0.4 is 10.1 Å². The standard InChI is InChI=1S/C13H19NO2S/c1-4-16-11-8-6-5-7-10(11)14-13(15)12(17)9(2)3/h5-9,12,17H,4H2,1-3H3,(H,14,15). The maximum Gasteiger partial charge on any atom is 0.237 e. The second kappa shape index (κ2) is 6.55. The van der Waals surface area contributed by atoms with Crippen molar-refractivity contribution in [1.82, 2.24) is 0 Å². The Morgan fingerprint density at radius 3 is 2.65 bits per heavy atom. The Labute approximate surface area is 108 Å². The fourth-order valence-electron chi connectivity index (χ4n) is 1.36. The first kappa shape index (κ1) is 13.9. The number of hydrogen-bond acceptors (Lipinski definition) is 3. The zero-order valence-electron chi connectivity index (χ0n) is 10.4. The van der Waals surface area contributed by atoms with Gasteiger partial charge in [-0.05, 0) is 25.0 Å². The van der Waals surface area contributed by atoms with Crippen LogP contribution >= 0.6 is 12.6 Å². The van der Waals surface area contributed by atoms with Crippen LogP contribution in [-0.4, -0.2) is 17.8 Å². The van der Waals surface area contributed by atoms with Gasteiger partial charge in [-0.1, -0.05) is 26.0 Å². The van der Waals surface area contributed by atoms with Gasteiger partial charge >= 0.3 is 0 Å². The molecule has 1 aromatic rings. The lowest BCUT2D eigenvalue weighted by Crippen LogP contribution is -2.27. The molecule has 1 atom stereocenters. The van der Waals surface area contributed by atoms with Crippen LogP contribution in [0, 0.1) is 5.92 Å². The molecule has 1 rings (SSSR count). The summed E-state index contributed by atoms with van der Waals surface area (Å²) in [6, 6.07) is 7.40. The quantitative estimate of drug-likeness (QED) is 0.792. The molecule has 3 nitrogen and oxygen atoms in total. The van der Waals surface area contributed by atoms with Gasteiger partial charge in [0, 0.05) is 0 Å². The molecule has 0 spiro atoms. The first-order valence-electron chi connectivity index (χ1n) is 5.77. The van der Waals surface area contributed by atoms with E-state index in [0.29, 0.717) is 18.0 Å². The van der Waals surface area contributed by atoms with Crippen LogP contribution in [0.1, 0.15) is 20.8 Å². The van der Waals surface area contributed by atoms with Crippen LogP contribution in [0.25, 0.3) is 0 Å². The molecule has 17 heavy (non-hydrogen) atoms. The maximum atomic E-state index is 11.9. The number of ether oxygens (including phenoxy) is 1. The zero-order chi connectivity index (χ0) is 12.8. The van der Waals surface area contributed by atoms with E-state index >= 15 is 0 Å². The van der Waals surface area contributed by atoms with E-state index in [0.717, 1.165) is 0 Å². The van der Waals surface area contributed by atoms with Crippen LogP contribution in [0.2, 0.25) is 0 Å². The highest BCUT2D eigenvalue weighted by atomic mass is 32.1. The van der Waals surface area contributed by atoms with Gasteiger partial charge in [-0.3, -0.25) is 4.79 Å². The third-order valence-electron chi connectivity index (χ3n) is 2.34. The minimum atomic E-state index is -0.315. The molecular weight excluding hydrogens is 234 g/mol. The van der Waals surface area contributed by atoms with Crippen LogP contribution in [0.3, 0.4) is 0 Å². The summed E-state index contributed by atoms with van der Waals surface area (Å²) in [6.07, 6.45) is 0. The number of hydrogen-bond donors (Lipinski definition) is 2. The molecule has 0 aliphatic heterocycles. The SMILES string of the molecule is CCOc1ccccc1NC(=O)C(S)C(C)C. The predicted molar refractivity (Wildman–Crippen MR) is 73.9 cm³/mol. The van der Waals surface area contributed by atoms with Crippen molar-refractivity contribution in [3.05, 3.63) is 24.3 Å². The van der Waals surface area contributed by atoms with Gasteiger partial charge in [0.1, 0.15) is 5.75 Å². The first-order valence-corrected chi connectivity index (χ1v) is 6.28. The largest absolute Gasteiger partial charge is 0.492 e. The van der Waals surface area contributed by atoms with Crippen molar-refractivity contribution in [1.29, 1.82) is 0 Å². The van der Waals surface area contributed by atoms with E-state index in [9.17, 15) is 4.79 Å². The van der Waals surface area contributed by atoms with Crippen LogP contribution in [0.5, 0.6) is 5.75 Å². The number of thiol groups is 1. The van der Waals surface area contributed by atoms with Gasteiger partial charge < -0.3 is 10.1 Å². The van der Waals surface area contributed by atoms with Gasteiger partial charge in [-0.2, -0.15) is 12.6 Å². The van der Waals surface area contributed by atoms with E-state index in [-0.39, 0.29) is 17.1 Å². The zero-order valence-corrected chi connectivity index (χ0v) is 11.3. The lowest BCUT2D eigenvalue weighted by molar-refractivity contribution is -0.116. The molecule has 0 aliphatic carbocycles. The number of nitrogens with one attached hydrogen (secondary N) is 1. The van der Waals surface area contributed by atoms with Crippen LogP contribution in [0.15, 0.2) is 24.3 Å². The Hall–Kier alpha value is -1.16. The molecule has 0 bridgehead atoms. The monoisotopic (exact) mass is 253 g/mol. The Morgan fingerprint density at radius 2 is 2.06 bits per heavy atom. The molecule has 0 heterocycles. The second-order valence-electron chi connectivity index (χ2n) is 4.11. The van der Waals surface area contributed by atoms with E-state index in [1.807, 2.05) is 45.0 Å². The molecule has 94 valence electrons. The van der Waals surface area contributed by atoms with Gasteiger partial charge in [-0.25, -0.2) is 0 Å². The van der Waals surface area contributed by atoms with Crippen LogP contribution in [0.4, 0.5) is 5.69 Å². The minimum absolute atomic E-state index is 0.101. The van der Waals surface area contributed by atoms with Crippen molar-refractivity contribution in [3.63, 3.8) is 0 Å². The fraction of sp³-hybridized carbons (Fsp3) is 0.462. The summed E-state index contributed by atoms with van der Waals surface area (Å²) >= 11 is 4.28. The smallest absolute Gasteiger partial charge is 0.237 e. The van der Waals surface area contributed by atoms with E-state index in [2.05, 4.69) is 17.9 Å². The van der Waals surface area contributed by atoms with Crippen molar-refractivity contribution in [2.45, 2.75) is 26.0 Å². The number of benzene rings is 1. The first-order chi connectivity index (χ1) is 8.06. The molecule has 0 saturated carbocycles. The van der Waals surface area contributed by atoms with Crippen molar-refractivity contribution in [2.75, 3.05) is 11.9 Å². The highest BCUT2D eigenvalue weighted by Crippen LogP contribution is 2.24. The average Bonchev–Trinajstić information content (AvgIpc) is 2.30. The van der Waals surface area contributed by atoms with Gasteiger partial charge in [0.25, 0.3) is 0 Å². The molecular formula is C13H19NO2S. The Kier molecular flexibility index (Phi) is 5.35. The third kappa shape index (κ3) is 3.97. The number of amides is 1. The van der Waals surface area contributed by atoms with Gasteiger partial charge in [0.05, 0.1) is 17.5 Å². The Balaban J connectivity index is 2.77. The summed E-state index contributed by atoms with van der Waals surface area (Å²) in [5.41, 5.74) is 0.694. The number of para-hydroxylation sites is 2. The second-order valence-corrected chi connectivity index (χ2v) is 4.66.